The number of aromatic nitrogens is 2. The predicted octanol–water partition coefficient (Wildman–Crippen LogP) is 1.74. The van der Waals surface area contributed by atoms with Crippen molar-refractivity contribution in [3.63, 3.8) is 0 Å². The van der Waals surface area contributed by atoms with Crippen LogP contribution in [0.5, 0.6) is 5.75 Å². The van der Waals surface area contributed by atoms with Gasteiger partial charge in [-0.1, -0.05) is 0 Å². The van der Waals surface area contributed by atoms with Crippen LogP contribution in [-0.4, -0.2) is 28.8 Å². The van der Waals surface area contributed by atoms with Crippen LogP contribution < -0.4 is 15.8 Å². The third-order valence-corrected chi connectivity index (χ3v) is 2.85. The lowest BCUT2D eigenvalue weighted by molar-refractivity contribution is 0.102. The average molecular weight is 311 g/mol. The van der Waals surface area contributed by atoms with Gasteiger partial charge in [-0.2, -0.15) is 5.10 Å². The second kappa shape index (κ2) is 7.66. The second-order valence-corrected chi connectivity index (χ2v) is 4.41. The highest BCUT2D eigenvalue weighted by atomic mass is 35.5. The molecular weight excluding hydrogens is 292 g/mol. The largest absolute Gasteiger partial charge is 0.492 e. The van der Waals surface area contributed by atoms with Crippen molar-refractivity contribution in [2.24, 2.45) is 12.8 Å². The Morgan fingerprint density at radius 2 is 2.05 bits per heavy atom. The zero-order valence-corrected chi connectivity index (χ0v) is 12.8. The monoisotopic (exact) mass is 310 g/mol. The van der Waals surface area contributed by atoms with E-state index in [1.165, 1.54) is 0 Å². The van der Waals surface area contributed by atoms with E-state index in [-0.39, 0.29) is 18.3 Å². The predicted molar refractivity (Wildman–Crippen MR) is 84.1 cm³/mol. The summed E-state index contributed by atoms with van der Waals surface area (Å²) < 4.78 is 7.03. The van der Waals surface area contributed by atoms with Gasteiger partial charge in [0.25, 0.3) is 5.91 Å². The van der Waals surface area contributed by atoms with Crippen LogP contribution >= 0.6 is 12.4 Å². The standard InChI is InChI=1S/C14H18N4O2.ClH/c1-10-9-13(17-18(10)2)14(19)16-11-3-5-12(6-4-11)20-8-7-15;/h3-6,9H,7-8,15H2,1-2H3,(H,16,19);1H. The molecule has 0 atom stereocenters. The van der Waals surface area contributed by atoms with Crippen LogP contribution in [0.3, 0.4) is 0 Å². The zero-order chi connectivity index (χ0) is 14.5. The summed E-state index contributed by atoms with van der Waals surface area (Å²) in [5.41, 5.74) is 7.38. The number of halogens is 1. The molecular formula is C14H19ClN4O2. The first-order chi connectivity index (χ1) is 9.60. The number of nitrogens with two attached hydrogens (primary N) is 1. The lowest BCUT2D eigenvalue weighted by Gasteiger charge is -2.06. The van der Waals surface area contributed by atoms with Gasteiger partial charge in [-0.15, -0.1) is 12.4 Å². The lowest BCUT2D eigenvalue weighted by atomic mass is 10.3. The van der Waals surface area contributed by atoms with E-state index >= 15 is 0 Å². The molecule has 0 bridgehead atoms. The van der Waals surface area contributed by atoms with E-state index in [9.17, 15) is 4.79 Å². The molecule has 0 aliphatic rings. The maximum absolute atomic E-state index is 12.0. The molecule has 0 saturated carbocycles. The number of carbonyl (C=O) groups is 1. The molecule has 0 saturated heterocycles. The molecule has 0 unspecified atom stereocenters. The van der Waals surface area contributed by atoms with Crippen molar-refractivity contribution < 1.29 is 9.53 Å². The third-order valence-electron chi connectivity index (χ3n) is 2.85. The van der Waals surface area contributed by atoms with Crippen molar-refractivity contribution in [2.75, 3.05) is 18.5 Å². The number of hydrogen-bond donors (Lipinski definition) is 2. The van der Waals surface area contributed by atoms with Crippen LogP contribution in [0.25, 0.3) is 0 Å². The van der Waals surface area contributed by atoms with Crippen molar-refractivity contribution in [1.29, 1.82) is 0 Å². The average Bonchev–Trinajstić information content (AvgIpc) is 2.78. The lowest BCUT2D eigenvalue weighted by Crippen LogP contribution is -2.13. The molecule has 0 radical (unpaired) electrons. The molecule has 1 amide bonds. The minimum Gasteiger partial charge on any atom is -0.492 e. The topological polar surface area (TPSA) is 82.2 Å². The summed E-state index contributed by atoms with van der Waals surface area (Å²) in [6.45, 7) is 2.84. The van der Waals surface area contributed by atoms with Crippen LogP contribution in [0.2, 0.25) is 0 Å². The summed E-state index contributed by atoms with van der Waals surface area (Å²) >= 11 is 0. The van der Waals surface area contributed by atoms with Crippen molar-refractivity contribution in [3.05, 3.63) is 41.7 Å². The summed E-state index contributed by atoms with van der Waals surface area (Å²) in [5.74, 6) is 0.492. The number of carbonyl (C=O) groups excluding carboxylic acids is 1. The highest BCUT2D eigenvalue weighted by Crippen LogP contribution is 2.16. The summed E-state index contributed by atoms with van der Waals surface area (Å²) in [6.07, 6.45) is 0. The number of anilines is 1. The van der Waals surface area contributed by atoms with E-state index < -0.39 is 0 Å². The van der Waals surface area contributed by atoms with Crippen LogP contribution in [-0.2, 0) is 7.05 Å². The molecule has 2 aromatic rings. The van der Waals surface area contributed by atoms with Gasteiger partial charge in [0.15, 0.2) is 5.69 Å². The van der Waals surface area contributed by atoms with Gasteiger partial charge in [0.2, 0.25) is 0 Å². The first kappa shape index (κ1) is 17.0. The minimum absolute atomic E-state index is 0. The molecule has 114 valence electrons. The number of hydrogen-bond acceptors (Lipinski definition) is 4. The fraction of sp³-hybridized carbons (Fsp3) is 0.286. The molecule has 2 rings (SSSR count). The van der Waals surface area contributed by atoms with Gasteiger partial charge in [0, 0.05) is 25.0 Å². The van der Waals surface area contributed by atoms with E-state index in [1.807, 2.05) is 6.92 Å². The van der Waals surface area contributed by atoms with E-state index in [0.717, 1.165) is 11.4 Å². The van der Waals surface area contributed by atoms with E-state index in [4.69, 9.17) is 10.5 Å². The SMILES string of the molecule is Cc1cc(C(=O)Nc2ccc(OCCN)cc2)nn1C.Cl. The Labute approximate surface area is 129 Å². The third kappa shape index (κ3) is 4.47. The number of nitrogens with one attached hydrogen (secondary N) is 1. The molecule has 7 heteroatoms. The fourth-order valence-corrected chi connectivity index (χ4v) is 1.68. The molecule has 0 fully saturated rings. The molecule has 0 spiro atoms. The van der Waals surface area contributed by atoms with Crippen LogP contribution in [0, 0.1) is 6.92 Å². The van der Waals surface area contributed by atoms with E-state index in [2.05, 4.69) is 10.4 Å². The molecule has 1 heterocycles. The molecule has 21 heavy (non-hydrogen) atoms. The van der Waals surface area contributed by atoms with Gasteiger partial charge in [-0.05, 0) is 37.3 Å². The van der Waals surface area contributed by atoms with Crippen molar-refractivity contribution >= 4 is 24.0 Å². The van der Waals surface area contributed by atoms with Crippen molar-refractivity contribution in [1.82, 2.24) is 9.78 Å². The number of aryl methyl sites for hydroxylation is 2. The Kier molecular flexibility index (Phi) is 6.20. The number of rotatable bonds is 5. The fourth-order valence-electron chi connectivity index (χ4n) is 1.68. The second-order valence-electron chi connectivity index (χ2n) is 4.41. The number of ether oxygens (including phenoxy) is 1. The van der Waals surface area contributed by atoms with Crippen molar-refractivity contribution in [2.45, 2.75) is 6.92 Å². The normalized spacial score (nSPS) is 9.86. The molecule has 1 aromatic heterocycles. The maximum Gasteiger partial charge on any atom is 0.276 e. The number of nitrogens with zero attached hydrogens (tertiary/aromatic N) is 2. The molecule has 0 aliphatic carbocycles. The van der Waals surface area contributed by atoms with Gasteiger partial charge in [0.05, 0.1) is 0 Å². The summed E-state index contributed by atoms with van der Waals surface area (Å²) in [6, 6.07) is 8.87. The van der Waals surface area contributed by atoms with Gasteiger partial charge in [-0.3, -0.25) is 9.48 Å². The molecule has 6 nitrogen and oxygen atoms in total. The van der Waals surface area contributed by atoms with Crippen LogP contribution in [0.15, 0.2) is 30.3 Å². The first-order valence-corrected chi connectivity index (χ1v) is 6.35. The maximum atomic E-state index is 12.0. The Balaban J connectivity index is 0.00000220. The highest BCUT2D eigenvalue weighted by molar-refractivity contribution is 6.02. The molecule has 1 aromatic carbocycles. The minimum atomic E-state index is -0.232. The first-order valence-electron chi connectivity index (χ1n) is 6.35. The quantitative estimate of drug-likeness (QED) is 0.881. The van der Waals surface area contributed by atoms with Crippen LogP contribution in [0.1, 0.15) is 16.2 Å². The summed E-state index contributed by atoms with van der Waals surface area (Å²) in [4.78, 5) is 12.0. The van der Waals surface area contributed by atoms with E-state index in [0.29, 0.717) is 24.5 Å². The van der Waals surface area contributed by atoms with Gasteiger partial charge in [-0.25, -0.2) is 0 Å². The van der Waals surface area contributed by atoms with Gasteiger partial charge >= 0.3 is 0 Å². The zero-order valence-electron chi connectivity index (χ0n) is 12.0. The Morgan fingerprint density at radius 1 is 1.38 bits per heavy atom. The Hall–Kier alpha value is -2.05. The van der Waals surface area contributed by atoms with Crippen LogP contribution in [0.4, 0.5) is 5.69 Å². The van der Waals surface area contributed by atoms with Gasteiger partial charge < -0.3 is 15.8 Å². The Bertz CT molecular complexity index is 576. The van der Waals surface area contributed by atoms with E-state index in [1.54, 1.807) is 42.1 Å². The number of amides is 1. The highest BCUT2D eigenvalue weighted by Gasteiger charge is 2.11. The molecule has 0 aliphatic heterocycles. The Morgan fingerprint density at radius 3 is 2.57 bits per heavy atom. The summed E-state index contributed by atoms with van der Waals surface area (Å²) in [5, 5.41) is 6.92. The van der Waals surface area contributed by atoms with Gasteiger partial charge in [0.1, 0.15) is 12.4 Å². The number of benzene rings is 1. The van der Waals surface area contributed by atoms with Crippen molar-refractivity contribution in [3.8, 4) is 5.75 Å². The molecule has 3 N–H and O–H groups in total. The smallest absolute Gasteiger partial charge is 0.276 e. The summed E-state index contributed by atoms with van der Waals surface area (Å²) in [7, 11) is 1.80.